The van der Waals surface area contributed by atoms with Crippen molar-refractivity contribution in [3.63, 3.8) is 0 Å². The Balaban J connectivity index is 1.35. The molecule has 5 rings (SSSR count). The summed E-state index contributed by atoms with van der Waals surface area (Å²) in [5.41, 5.74) is 2.85. The number of ether oxygens (including phenoxy) is 1. The van der Waals surface area contributed by atoms with Gasteiger partial charge in [-0.25, -0.2) is 4.98 Å². The molecule has 0 radical (unpaired) electrons. The van der Waals surface area contributed by atoms with E-state index in [1.54, 1.807) is 6.20 Å². The molecule has 1 atom stereocenters. The van der Waals surface area contributed by atoms with Crippen molar-refractivity contribution in [2.45, 2.75) is 18.9 Å². The lowest BCUT2D eigenvalue weighted by atomic mass is 10.1. The fraction of sp³-hybridized carbons (Fsp3) is 0.250. The van der Waals surface area contributed by atoms with E-state index in [0.717, 1.165) is 36.6 Å². The van der Waals surface area contributed by atoms with Gasteiger partial charge in [0, 0.05) is 36.4 Å². The molecular formula is C24H22ClN3O2. The predicted molar refractivity (Wildman–Crippen MR) is 119 cm³/mol. The Morgan fingerprint density at radius 3 is 2.87 bits per heavy atom. The van der Waals surface area contributed by atoms with E-state index in [1.165, 1.54) is 5.56 Å². The van der Waals surface area contributed by atoms with Crippen molar-refractivity contribution < 1.29 is 9.53 Å². The van der Waals surface area contributed by atoms with Crippen LogP contribution < -0.4 is 14.5 Å². The molecular weight excluding hydrogens is 398 g/mol. The van der Waals surface area contributed by atoms with E-state index >= 15 is 0 Å². The van der Waals surface area contributed by atoms with Gasteiger partial charge in [0.25, 0.3) is 5.91 Å². The first-order chi connectivity index (χ1) is 14.7. The topological polar surface area (TPSA) is 45.7 Å². The van der Waals surface area contributed by atoms with Crippen LogP contribution >= 0.6 is 11.6 Å². The SMILES string of the molecule is O=C(c1cccnc1N1CCC(Oc2cccc(Cl)c2)C1)N1CCc2ccccc21. The third kappa shape index (κ3) is 3.61. The number of aromatic nitrogens is 1. The third-order valence-corrected chi connectivity index (χ3v) is 5.93. The molecule has 1 unspecified atom stereocenters. The van der Waals surface area contributed by atoms with Crippen LogP contribution in [0.25, 0.3) is 0 Å². The van der Waals surface area contributed by atoms with Gasteiger partial charge in [0.15, 0.2) is 0 Å². The van der Waals surface area contributed by atoms with Gasteiger partial charge in [0.1, 0.15) is 17.7 Å². The molecule has 2 aromatic carbocycles. The zero-order valence-corrected chi connectivity index (χ0v) is 17.3. The predicted octanol–water partition coefficient (Wildman–Crippen LogP) is 4.60. The van der Waals surface area contributed by atoms with E-state index < -0.39 is 0 Å². The van der Waals surface area contributed by atoms with Crippen LogP contribution in [-0.4, -0.2) is 36.6 Å². The number of hydrogen-bond donors (Lipinski definition) is 0. The Labute approximate surface area is 180 Å². The number of para-hydroxylation sites is 1. The molecule has 0 spiro atoms. The number of fused-ring (bicyclic) bond motifs is 1. The molecule has 0 bridgehead atoms. The van der Waals surface area contributed by atoms with Gasteiger partial charge in [-0.3, -0.25) is 4.79 Å². The van der Waals surface area contributed by atoms with Gasteiger partial charge in [0.05, 0.1) is 12.1 Å². The summed E-state index contributed by atoms with van der Waals surface area (Å²) in [6.07, 6.45) is 3.52. The molecule has 0 aliphatic carbocycles. The van der Waals surface area contributed by atoms with Crippen LogP contribution in [0.4, 0.5) is 11.5 Å². The quantitative estimate of drug-likeness (QED) is 0.620. The lowest BCUT2D eigenvalue weighted by Gasteiger charge is -2.23. The number of benzene rings is 2. The number of hydrogen-bond acceptors (Lipinski definition) is 4. The van der Waals surface area contributed by atoms with E-state index in [4.69, 9.17) is 16.3 Å². The van der Waals surface area contributed by atoms with Crippen molar-refractivity contribution in [3.05, 3.63) is 83.0 Å². The maximum absolute atomic E-state index is 13.4. The molecule has 2 aliphatic heterocycles. The van der Waals surface area contributed by atoms with Crippen molar-refractivity contribution in [1.82, 2.24) is 4.98 Å². The summed E-state index contributed by atoms with van der Waals surface area (Å²) in [6.45, 7) is 2.17. The molecule has 1 saturated heterocycles. The summed E-state index contributed by atoms with van der Waals surface area (Å²) in [6, 6.07) is 19.3. The summed E-state index contributed by atoms with van der Waals surface area (Å²) in [7, 11) is 0. The second kappa shape index (κ2) is 8.00. The standard InChI is InChI=1S/C24H22ClN3O2/c25-18-6-3-7-19(15-18)30-20-11-13-27(16-20)23-21(8-4-12-26-23)24(29)28-14-10-17-5-1-2-9-22(17)28/h1-9,12,15,20H,10-11,13-14,16H2. The highest BCUT2D eigenvalue weighted by molar-refractivity contribution is 6.30. The number of rotatable bonds is 4. The van der Waals surface area contributed by atoms with E-state index in [2.05, 4.69) is 16.0 Å². The van der Waals surface area contributed by atoms with Crippen molar-refractivity contribution in [2.24, 2.45) is 0 Å². The Hall–Kier alpha value is -3.05. The van der Waals surface area contributed by atoms with Gasteiger partial charge < -0.3 is 14.5 Å². The summed E-state index contributed by atoms with van der Waals surface area (Å²) >= 11 is 6.07. The van der Waals surface area contributed by atoms with Crippen LogP contribution in [-0.2, 0) is 6.42 Å². The van der Waals surface area contributed by atoms with Gasteiger partial charge in [0.2, 0.25) is 0 Å². The highest BCUT2D eigenvalue weighted by Crippen LogP contribution is 2.32. The highest BCUT2D eigenvalue weighted by Gasteiger charge is 2.31. The van der Waals surface area contributed by atoms with E-state index in [9.17, 15) is 4.79 Å². The largest absolute Gasteiger partial charge is 0.488 e. The fourth-order valence-electron chi connectivity index (χ4n) is 4.26. The van der Waals surface area contributed by atoms with Crippen LogP contribution in [0.15, 0.2) is 66.9 Å². The van der Waals surface area contributed by atoms with Crippen LogP contribution in [0, 0.1) is 0 Å². The Morgan fingerprint density at radius 2 is 1.97 bits per heavy atom. The number of carbonyl (C=O) groups is 1. The van der Waals surface area contributed by atoms with Gasteiger partial charge in [-0.15, -0.1) is 0 Å². The summed E-state index contributed by atoms with van der Waals surface area (Å²) in [5.74, 6) is 1.49. The smallest absolute Gasteiger partial charge is 0.262 e. The Kier molecular flexibility index (Phi) is 5.05. The monoisotopic (exact) mass is 419 g/mol. The lowest BCUT2D eigenvalue weighted by Crippen LogP contribution is -2.32. The first kappa shape index (κ1) is 18.9. The molecule has 3 aromatic rings. The van der Waals surface area contributed by atoms with Crippen LogP contribution in [0.3, 0.4) is 0 Å². The minimum atomic E-state index is 0.00209. The second-order valence-electron chi connectivity index (χ2n) is 7.64. The van der Waals surface area contributed by atoms with Gasteiger partial charge >= 0.3 is 0 Å². The normalized spacial score (nSPS) is 17.8. The average molecular weight is 420 g/mol. The van der Waals surface area contributed by atoms with E-state index in [1.807, 2.05) is 59.5 Å². The van der Waals surface area contributed by atoms with E-state index in [0.29, 0.717) is 23.7 Å². The van der Waals surface area contributed by atoms with Crippen molar-refractivity contribution >= 4 is 29.0 Å². The van der Waals surface area contributed by atoms with Crippen LogP contribution in [0.2, 0.25) is 5.02 Å². The number of halogens is 1. The van der Waals surface area contributed by atoms with Crippen molar-refractivity contribution in [3.8, 4) is 5.75 Å². The molecule has 0 saturated carbocycles. The zero-order chi connectivity index (χ0) is 20.5. The molecule has 3 heterocycles. The maximum atomic E-state index is 13.4. The third-order valence-electron chi connectivity index (χ3n) is 5.69. The Bertz CT molecular complexity index is 1090. The maximum Gasteiger partial charge on any atom is 0.262 e. The summed E-state index contributed by atoms with van der Waals surface area (Å²) in [5, 5.41) is 0.658. The van der Waals surface area contributed by atoms with Crippen molar-refractivity contribution in [2.75, 3.05) is 29.4 Å². The van der Waals surface area contributed by atoms with Gasteiger partial charge in [-0.1, -0.05) is 35.9 Å². The molecule has 30 heavy (non-hydrogen) atoms. The number of pyridine rings is 1. The first-order valence-electron chi connectivity index (χ1n) is 10.2. The van der Waals surface area contributed by atoms with Gasteiger partial charge in [-0.2, -0.15) is 0 Å². The minimum absolute atomic E-state index is 0.00209. The fourth-order valence-corrected chi connectivity index (χ4v) is 4.44. The average Bonchev–Trinajstić information content (AvgIpc) is 3.40. The van der Waals surface area contributed by atoms with Crippen LogP contribution in [0.5, 0.6) is 5.75 Å². The minimum Gasteiger partial charge on any atom is -0.488 e. The molecule has 1 amide bonds. The van der Waals surface area contributed by atoms with Gasteiger partial charge in [-0.05, 0) is 48.4 Å². The number of anilines is 2. The summed E-state index contributed by atoms with van der Waals surface area (Å²) < 4.78 is 6.11. The van der Waals surface area contributed by atoms with Crippen molar-refractivity contribution in [1.29, 1.82) is 0 Å². The number of nitrogens with zero attached hydrogens (tertiary/aromatic N) is 3. The molecule has 6 heteroatoms. The Morgan fingerprint density at radius 1 is 1.07 bits per heavy atom. The molecule has 2 aliphatic rings. The van der Waals surface area contributed by atoms with E-state index in [-0.39, 0.29) is 12.0 Å². The molecule has 0 N–H and O–H groups in total. The highest BCUT2D eigenvalue weighted by atomic mass is 35.5. The zero-order valence-electron chi connectivity index (χ0n) is 16.5. The summed E-state index contributed by atoms with van der Waals surface area (Å²) in [4.78, 5) is 22.0. The molecule has 5 nitrogen and oxygen atoms in total. The first-order valence-corrected chi connectivity index (χ1v) is 10.6. The second-order valence-corrected chi connectivity index (χ2v) is 8.08. The lowest BCUT2D eigenvalue weighted by molar-refractivity contribution is 0.0989. The van der Waals surface area contributed by atoms with Crippen LogP contribution in [0.1, 0.15) is 22.3 Å². The molecule has 1 aromatic heterocycles. The number of carbonyl (C=O) groups excluding carboxylic acids is 1. The molecule has 152 valence electrons. The molecule has 1 fully saturated rings. The number of amides is 1.